The minimum absolute atomic E-state index is 0.107. The highest BCUT2D eigenvalue weighted by molar-refractivity contribution is 5.79. The number of nitrogens with one attached hydrogen (secondary N) is 1. The van der Waals surface area contributed by atoms with Gasteiger partial charge in [-0.25, -0.2) is 4.39 Å². The molecule has 0 aromatic heterocycles. The molecule has 120 valence electrons. The van der Waals surface area contributed by atoms with Crippen molar-refractivity contribution < 1.29 is 13.9 Å². The molecule has 0 saturated carbocycles. The van der Waals surface area contributed by atoms with E-state index in [9.17, 15) is 9.18 Å². The van der Waals surface area contributed by atoms with Gasteiger partial charge >= 0.3 is 0 Å². The Morgan fingerprint density at radius 1 is 1.27 bits per heavy atom. The first kappa shape index (κ1) is 15.3. The lowest BCUT2D eigenvalue weighted by Crippen LogP contribution is -2.52. The molecule has 1 unspecified atom stereocenters. The Balaban J connectivity index is 1.47. The van der Waals surface area contributed by atoms with E-state index in [0.29, 0.717) is 11.7 Å². The lowest BCUT2D eigenvalue weighted by Gasteiger charge is -2.38. The number of benzene rings is 1. The third kappa shape index (κ3) is 3.40. The zero-order chi connectivity index (χ0) is 15.5. The molecule has 2 aliphatic heterocycles. The van der Waals surface area contributed by atoms with Gasteiger partial charge in [0.15, 0.2) is 0 Å². The van der Waals surface area contributed by atoms with Crippen molar-refractivity contribution in [3.8, 4) is 5.75 Å². The van der Waals surface area contributed by atoms with Crippen LogP contribution in [0.15, 0.2) is 24.3 Å². The number of hydrogen-bond acceptors (Lipinski definition) is 3. The monoisotopic (exact) mass is 306 g/mol. The number of nitrogens with zero attached hydrogens (tertiary/aromatic N) is 1. The Hall–Kier alpha value is -1.62. The molecule has 0 bridgehead atoms. The van der Waals surface area contributed by atoms with Gasteiger partial charge in [-0.1, -0.05) is 6.92 Å². The first-order valence-corrected chi connectivity index (χ1v) is 8.05. The van der Waals surface area contributed by atoms with E-state index in [-0.39, 0.29) is 23.7 Å². The second-order valence-corrected chi connectivity index (χ2v) is 6.30. The van der Waals surface area contributed by atoms with Crippen LogP contribution in [0.5, 0.6) is 5.75 Å². The summed E-state index contributed by atoms with van der Waals surface area (Å²) < 4.78 is 18.7. The predicted octanol–water partition coefficient (Wildman–Crippen LogP) is 2.05. The van der Waals surface area contributed by atoms with Crippen molar-refractivity contribution in [2.24, 2.45) is 11.8 Å². The van der Waals surface area contributed by atoms with Crippen LogP contribution in [-0.4, -0.2) is 43.1 Å². The average Bonchev–Trinajstić information content (AvgIpc) is 2.48. The molecule has 1 N–H and O–H groups in total. The van der Waals surface area contributed by atoms with Gasteiger partial charge in [0.05, 0.1) is 0 Å². The third-order valence-corrected chi connectivity index (χ3v) is 4.78. The van der Waals surface area contributed by atoms with Crippen molar-refractivity contribution in [1.82, 2.24) is 10.2 Å². The zero-order valence-corrected chi connectivity index (χ0v) is 12.9. The molecule has 2 heterocycles. The SMILES string of the molecule is CC(C(=O)N1CCC(Oc2ccc(F)cc2)CC1)C1CNC1. The van der Waals surface area contributed by atoms with Crippen molar-refractivity contribution in [2.45, 2.75) is 25.9 Å². The Morgan fingerprint density at radius 3 is 2.45 bits per heavy atom. The highest BCUT2D eigenvalue weighted by atomic mass is 19.1. The van der Waals surface area contributed by atoms with Crippen LogP contribution in [0, 0.1) is 17.7 Å². The van der Waals surface area contributed by atoms with E-state index in [1.165, 1.54) is 12.1 Å². The van der Waals surface area contributed by atoms with E-state index in [4.69, 9.17) is 4.74 Å². The maximum atomic E-state index is 12.9. The first-order chi connectivity index (χ1) is 10.6. The average molecular weight is 306 g/mol. The quantitative estimate of drug-likeness (QED) is 0.926. The van der Waals surface area contributed by atoms with Crippen LogP contribution in [0.4, 0.5) is 4.39 Å². The summed E-state index contributed by atoms with van der Waals surface area (Å²) in [5.41, 5.74) is 0. The topological polar surface area (TPSA) is 41.6 Å². The molecule has 2 aliphatic rings. The molecule has 1 amide bonds. The third-order valence-electron chi connectivity index (χ3n) is 4.78. The lowest BCUT2D eigenvalue weighted by atomic mass is 9.87. The molecule has 5 heteroatoms. The summed E-state index contributed by atoms with van der Waals surface area (Å²) in [7, 11) is 0. The van der Waals surface area contributed by atoms with Gasteiger partial charge in [0.2, 0.25) is 5.91 Å². The highest BCUT2D eigenvalue weighted by Crippen LogP contribution is 2.23. The second kappa shape index (κ2) is 6.65. The molecule has 0 spiro atoms. The summed E-state index contributed by atoms with van der Waals surface area (Å²) in [6.07, 6.45) is 1.77. The molecule has 4 nitrogen and oxygen atoms in total. The van der Waals surface area contributed by atoms with E-state index in [1.54, 1.807) is 12.1 Å². The van der Waals surface area contributed by atoms with Crippen LogP contribution in [0.25, 0.3) is 0 Å². The number of rotatable bonds is 4. The number of hydrogen-bond donors (Lipinski definition) is 1. The van der Waals surface area contributed by atoms with Crippen LogP contribution in [0.3, 0.4) is 0 Å². The molecular weight excluding hydrogens is 283 g/mol. The van der Waals surface area contributed by atoms with Crippen LogP contribution < -0.4 is 10.1 Å². The molecule has 22 heavy (non-hydrogen) atoms. The smallest absolute Gasteiger partial charge is 0.225 e. The number of piperidine rings is 1. The molecule has 1 atom stereocenters. The molecular formula is C17H23FN2O2. The fourth-order valence-corrected chi connectivity index (χ4v) is 3.05. The minimum atomic E-state index is -0.257. The molecule has 2 fully saturated rings. The summed E-state index contributed by atoms with van der Waals surface area (Å²) in [5.74, 6) is 1.30. The van der Waals surface area contributed by atoms with Crippen LogP contribution in [0.2, 0.25) is 0 Å². The van der Waals surface area contributed by atoms with E-state index in [1.807, 2.05) is 11.8 Å². The van der Waals surface area contributed by atoms with E-state index < -0.39 is 0 Å². The van der Waals surface area contributed by atoms with Gasteiger partial charge in [0.25, 0.3) is 0 Å². The number of ether oxygens (including phenoxy) is 1. The maximum Gasteiger partial charge on any atom is 0.225 e. The number of carbonyl (C=O) groups excluding carboxylic acids is 1. The van der Waals surface area contributed by atoms with Crippen molar-refractivity contribution in [1.29, 1.82) is 0 Å². The molecule has 0 radical (unpaired) electrons. The Labute approximate surface area is 130 Å². The summed E-state index contributed by atoms with van der Waals surface area (Å²) in [4.78, 5) is 14.4. The summed E-state index contributed by atoms with van der Waals surface area (Å²) in [6, 6.07) is 6.11. The van der Waals surface area contributed by atoms with E-state index >= 15 is 0 Å². The lowest BCUT2D eigenvalue weighted by molar-refractivity contribution is -0.139. The van der Waals surface area contributed by atoms with Gasteiger partial charge < -0.3 is 15.0 Å². The molecule has 1 aromatic carbocycles. The standard InChI is InChI=1S/C17H23FN2O2/c1-12(13-10-19-11-13)17(21)20-8-6-16(7-9-20)22-15-4-2-14(18)3-5-15/h2-5,12-13,16,19H,6-11H2,1H3. The largest absolute Gasteiger partial charge is 0.490 e. The van der Waals surface area contributed by atoms with E-state index in [0.717, 1.165) is 39.0 Å². The van der Waals surface area contributed by atoms with Crippen molar-refractivity contribution in [3.05, 3.63) is 30.1 Å². The number of carbonyl (C=O) groups is 1. The maximum absolute atomic E-state index is 12.9. The normalized spacial score (nSPS) is 21.3. The Kier molecular flexibility index (Phi) is 4.62. The number of halogens is 1. The Bertz CT molecular complexity index is 508. The summed E-state index contributed by atoms with van der Waals surface area (Å²) in [5, 5.41) is 3.22. The second-order valence-electron chi connectivity index (χ2n) is 6.30. The Morgan fingerprint density at radius 2 is 1.91 bits per heavy atom. The summed E-state index contributed by atoms with van der Waals surface area (Å²) in [6.45, 7) is 5.44. The predicted molar refractivity (Wildman–Crippen MR) is 82.2 cm³/mol. The minimum Gasteiger partial charge on any atom is -0.490 e. The fraction of sp³-hybridized carbons (Fsp3) is 0.588. The van der Waals surface area contributed by atoms with Crippen LogP contribution >= 0.6 is 0 Å². The van der Waals surface area contributed by atoms with Crippen LogP contribution in [-0.2, 0) is 4.79 Å². The molecule has 2 saturated heterocycles. The summed E-state index contributed by atoms with van der Waals surface area (Å²) >= 11 is 0. The van der Waals surface area contributed by atoms with Gasteiger partial charge in [-0.2, -0.15) is 0 Å². The molecule has 0 aliphatic carbocycles. The zero-order valence-electron chi connectivity index (χ0n) is 12.9. The molecule has 3 rings (SSSR count). The van der Waals surface area contributed by atoms with Gasteiger partial charge in [0.1, 0.15) is 17.7 Å². The van der Waals surface area contributed by atoms with E-state index in [2.05, 4.69) is 5.32 Å². The van der Waals surface area contributed by atoms with Crippen molar-refractivity contribution in [3.63, 3.8) is 0 Å². The number of likely N-dealkylation sites (tertiary alicyclic amines) is 1. The number of amides is 1. The fourth-order valence-electron chi connectivity index (χ4n) is 3.05. The van der Waals surface area contributed by atoms with Crippen LogP contribution in [0.1, 0.15) is 19.8 Å². The van der Waals surface area contributed by atoms with Gasteiger partial charge in [-0.05, 0) is 43.3 Å². The van der Waals surface area contributed by atoms with Gasteiger partial charge in [0, 0.05) is 31.8 Å². The molecule has 1 aromatic rings. The van der Waals surface area contributed by atoms with Crippen molar-refractivity contribution in [2.75, 3.05) is 26.2 Å². The van der Waals surface area contributed by atoms with Crippen molar-refractivity contribution >= 4 is 5.91 Å². The highest BCUT2D eigenvalue weighted by Gasteiger charge is 2.33. The first-order valence-electron chi connectivity index (χ1n) is 8.05. The van der Waals surface area contributed by atoms with Gasteiger partial charge in [-0.3, -0.25) is 4.79 Å². The van der Waals surface area contributed by atoms with Gasteiger partial charge in [-0.15, -0.1) is 0 Å².